The lowest BCUT2D eigenvalue weighted by Crippen LogP contribution is -2.45. The Hall–Kier alpha value is -3.51. The number of carbonyl (C=O) groups is 1. The van der Waals surface area contributed by atoms with E-state index in [1.807, 2.05) is 6.07 Å². The second-order valence-corrected chi connectivity index (χ2v) is 7.03. The highest BCUT2D eigenvalue weighted by molar-refractivity contribution is 7.80. The van der Waals surface area contributed by atoms with Crippen LogP contribution in [0, 0.1) is 0 Å². The Balaban J connectivity index is 2.10. The minimum absolute atomic E-state index is 0.0358. The predicted molar refractivity (Wildman–Crippen MR) is 113 cm³/mol. The summed E-state index contributed by atoms with van der Waals surface area (Å²) in [5.41, 5.74) is 0.299. The van der Waals surface area contributed by atoms with Crippen LogP contribution in [0.25, 0.3) is 11.1 Å². The fourth-order valence-electron chi connectivity index (χ4n) is 3.72. The van der Waals surface area contributed by atoms with E-state index in [4.69, 9.17) is 16.6 Å². The van der Waals surface area contributed by atoms with Crippen molar-refractivity contribution in [2.75, 3.05) is 0 Å². The molecule has 2 N–H and O–H groups in total. The normalized spacial score (nSPS) is 14.2. The third-order valence-corrected chi connectivity index (χ3v) is 5.33. The zero-order valence-electron chi connectivity index (χ0n) is 15.2. The van der Waals surface area contributed by atoms with Crippen molar-refractivity contribution in [2.24, 2.45) is 0 Å². The number of nitrogens with zero attached hydrogens (tertiary/aromatic N) is 1. The summed E-state index contributed by atoms with van der Waals surface area (Å²) in [6.45, 7) is 0. The van der Waals surface area contributed by atoms with Crippen LogP contribution in [0.3, 0.4) is 0 Å². The first kappa shape index (κ1) is 18.8. The lowest BCUT2D eigenvalue weighted by Gasteiger charge is -2.34. The molecule has 0 radical (unpaired) electrons. The Bertz CT molecular complexity index is 1140. The number of aliphatic hydroxyl groups excluding tert-OH is 1. The van der Waals surface area contributed by atoms with E-state index < -0.39 is 22.4 Å². The van der Waals surface area contributed by atoms with Crippen molar-refractivity contribution in [1.29, 1.82) is 0 Å². The summed E-state index contributed by atoms with van der Waals surface area (Å²) in [6, 6.07) is 24.5. The fraction of sp³-hybridized carbons (Fsp3) is 0.0870. The van der Waals surface area contributed by atoms with Crippen LogP contribution in [-0.2, 0) is 10.2 Å². The zero-order chi connectivity index (χ0) is 20.4. The molecule has 0 fully saturated rings. The first-order valence-electron chi connectivity index (χ1n) is 8.98. The Kier molecular flexibility index (Phi) is 4.86. The van der Waals surface area contributed by atoms with Crippen LogP contribution >= 0.6 is 12.2 Å². The summed E-state index contributed by atoms with van der Waals surface area (Å²) in [4.78, 5) is 17.1. The molecule has 4 aromatic rings. The van der Waals surface area contributed by atoms with E-state index >= 15 is 0 Å². The summed E-state index contributed by atoms with van der Waals surface area (Å²) in [6.07, 6.45) is 0. The standard InChI is InChI=1S/C23H17NO4S/c25-20(26)19(15-9-3-1-4-10-15)23(22(27)29,16-11-5-2-6-12-16)21-24-17-13-7-8-14-18(17)28-21/h1-14,19H,(H,25,26)(H,27,29). The first-order chi connectivity index (χ1) is 14.0. The smallest absolute Gasteiger partial charge is 0.312 e. The van der Waals surface area contributed by atoms with Gasteiger partial charge in [-0.2, -0.15) is 0 Å². The molecular weight excluding hydrogens is 386 g/mol. The number of thiocarbonyl (C=S) groups is 1. The van der Waals surface area contributed by atoms with Crippen LogP contribution < -0.4 is 0 Å². The van der Waals surface area contributed by atoms with E-state index in [9.17, 15) is 15.0 Å². The van der Waals surface area contributed by atoms with Gasteiger partial charge in [-0.3, -0.25) is 4.79 Å². The molecule has 0 aliphatic rings. The van der Waals surface area contributed by atoms with Crippen LogP contribution in [-0.4, -0.2) is 26.2 Å². The second kappa shape index (κ2) is 7.48. The van der Waals surface area contributed by atoms with E-state index in [0.717, 1.165) is 0 Å². The number of carboxylic acids is 1. The molecule has 2 unspecified atom stereocenters. The molecule has 0 amide bonds. The van der Waals surface area contributed by atoms with Gasteiger partial charge in [-0.25, -0.2) is 4.98 Å². The largest absolute Gasteiger partial charge is 0.501 e. The maximum Gasteiger partial charge on any atom is 0.312 e. The minimum atomic E-state index is -1.69. The molecule has 0 aliphatic heterocycles. The van der Waals surface area contributed by atoms with Crippen molar-refractivity contribution >= 4 is 34.3 Å². The number of para-hydroxylation sites is 2. The van der Waals surface area contributed by atoms with Gasteiger partial charge in [0.25, 0.3) is 0 Å². The topological polar surface area (TPSA) is 83.6 Å². The number of aliphatic carboxylic acids is 1. The maximum atomic E-state index is 12.6. The number of benzene rings is 3. The van der Waals surface area contributed by atoms with E-state index in [1.54, 1.807) is 78.9 Å². The molecule has 29 heavy (non-hydrogen) atoms. The quantitative estimate of drug-likeness (QED) is 0.447. The molecule has 1 aromatic heterocycles. The van der Waals surface area contributed by atoms with Gasteiger partial charge < -0.3 is 14.6 Å². The van der Waals surface area contributed by atoms with Crippen molar-refractivity contribution in [1.82, 2.24) is 4.98 Å². The number of oxazole rings is 1. The molecular formula is C23H17NO4S. The van der Waals surface area contributed by atoms with E-state index in [2.05, 4.69) is 4.98 Å². The molecule has 0 saturated heterocycles. The van der Waals surface area contributed by atoms with Crippen molar-refractivity contribution in [2.45, 2.75) is 11.3 Å². The highest BCUT2D eigenvalue weighted by atomic mass is 32.1. The van der Waals surface area contributed by atoms with Gasteiger partial charge in [0.15, 0.2) is 16.0 Å². The Morgan fingerprint density at radius 3 is 2.07 bits per heavy atom. The average molecular weight is 403 g/mol. The maximum absolute atomic E-state index is 12.6. The molecule has 0 spiro atoms. The monoisotopic (exact) mass is 403 g/mol. The average Bonchev–Trinajstić information content (AvgIpc) is 3.17. The van der Waals surface area contributed by atoms with Gasteiger partial charge in [-0.1, -0.05) is 72.8 Å². The number of hydrogen-bond acceptors (Lipinski definition) is 4. The third-order valence-electron chi connectivity index (χ3n) is 5.01. The lowest BCUT2D eigenvalue weighted by atomic mass is 9.67. The summed E-state index contributed by atoms with van der Waals surface area (Å²) < 4.78 is 5.98. The van der Waals surface area contributed by atoms with Crippen molar-refractivity contribution in [3.8, 4) is 0 Å². The molecule has 0 aliphatic carbocycles. The predicted octanol–water partition coefficient (Wildman–Crippen LogP) is 4.87. The molecule has 2 atom stereocenters. The highest BCUT2D eigenvalue weighted by Crippen LogP contribution is 2.46. The summed E-state index contributed by atoms with van der Waals surface area (Å²) in [5, 5.41) is 20.6. The Morgan fingerprint density at radius 2 is 1.48 bits per heavy atom. The third kappa shape index (κ3) is 3.07. The Morgan fingerprint density at radius 1 is 0.897 bits per heavy atom. The van der Waals surface area contributed by atoms with Gasteiger partial charge in [0.05, 0.1) is 0 Å². The molecule has 144 valence electrons. The number of rotatable bonds is 6. The Labute approximate surface area is 172 Å². The van der Waals surface area contributed by atoms with Gasteiger partial charge >= 0.3 is 5.97 Å². The summed E-state index contributed by atoms with van der Waals surface area (Å²) in [5.74, 6) is -2.37. The van der Waals surface area contributed by atoms with Crippen LogP contribution in [0.4, 0.5) is 0 Å². The molecule has 6 heteroatoms. The lowest BCUT2D eigenvalue weighted by molar-refractivity contribution is -0.140. The molecule has 3 aromatic carbocycles. The summed E-state index contributed by atoms with van der Waals surface area (Å²) >= 11 is 5.29. The zero-order valence-corrected chi connectivity index (χ0v) is 16.0. The number of aromatic nitrogens is 1. The second-order valence-electron chi connectivity index (χ2n) is 6.65. The van der Waals surface area contributed by atoms with Gasteiger partial charge in [-0.15, -0.1) is 0 Å². The highest BCUT2D eigenvalue weighted by Gasteiger charge is 2.54. The number of carboxylic acid groups (broad SMARTS) is 1. The van der Waals surface area contributed by atoms with Gasteiger partial charge in [0.1, 0.15) is 11.4 Å². The van der Waals surface area contributed by atoms with Gasteiger partial charge in [0.2, 0.25) is 5.89 Å². The van der Waals surface area contributed by atoms with E-state index in [-0.39, 0.29) is 5.89 Å². The minimum Gasteiger partial charge on any atom is -0.501 e. The SMILES string of the molecule is O=C(O)C(c1ccccc1)C(C(O)=S)(c1ccccc1)c1nc2ccccc2o1. The van der Waals surface area contributed by atoms with Gasteiger partial charge in [-0.05, 0) is 35.5 Å². The molecule has 5 nitrogen and oxygen atoms in total. The van der Waals surface area contributed by atoms with Gasteiger partial charge in [0, 0.05) is 0 Å². The molecule has 4 rings (SSSR count). The van der Waals surface area contributed by atoms with E-state index in [0.29, 0.717) is 22.2 Å². The van der Waals surface area contributed by atoms with Crippen LogP contribution in [0.15, 0.2) is 89.3 Å². The molecule has 0 bridgehead atoms. The fourth-order valence-corrected chi connectivity index (χ4v) is 4.04. The van der Waals surface area contributed by atoms with E-state index in [1.165, 1.54) is 0 Å². The molecule has 1 heterocycles. The number of aliphatic hydroxyl groups is 1. The number of fused-ring (bicyclic) bond motifs is 1. The van der Waals surface area contributed by atoms with Crippen molar-refractivity contribution < 1.29 is 19.4 Å². The van der Waals surface area contributed by atoms with Crippen LogP contribution in [0.1, 0.15) is 22.9 Å². The first-order valence-corrected chi connectivity index (χ1v) is 9.38. The van der Waals surface area contributed by atoms with Crippen LogP contribution in [0.5, 0.6) is 0 Å². The van der Waals surface area contributed by atoms with Crippen LogP contribution in [0.2, 0.25) is 0 Å². The van der Waals surface area contributed by atoms with Crippen molar-refractivity contribution in [3.63, 3.8) is 0 Å². The molecule has 0 saturated carbocycles. The number of hydrogen-bond donors (Lipinski definition) is 2. The summed E-state index contributed by atoms with van der Waals surface area (Å²) in [7, 11) is 0. The van der Waals surface area contributed by atoms with Crippen molar-refractivity contribution in [3.05, 3.63) is 102 Å².